The molecule has 0 radical (unpaired) electrons. The molecule has 0 fully saturated rings. The molecule has 0 atom stereocenters. The summed E-state index contributed by atoms with van der Waals surface area (Å²) in [6.45, 7) is 0. The predicted octanol–water partition coefficient (Wildman–Crippen LogP) is 5.65. The minimum absolute atomic E-state index is 0.296. The summed E-state index contributed by atoms with van der Waals surface area (Å²) in [6, 6.07) is 33.4. The maximum Gasteiger partial charge on any atom is 0.347 e. The van der Waals surface area contributed by atoms with E-state index in [0.717, 1.165) is 33.2 Å². The molecule has 0 saturated carbocycles. The van der Waals surface area contributed by atoms with E-state index in [1.54, 1.807) is 9.13 Å². The lowest BCUT2D eigenvalue weighted by Gasteiger charge is -2.17. The van der Waals surface area contributed by atoms with Gasteiger partial charge < -0.3 is 35.1 Å². The number of fused-ring (bicyclic) bond motifs is 6. The van der Waals surface area contributed by atoms with Gasteiger partial charge in [-0.3, -0.25) is 9.59 Å². The van der Waals surface area contributed by atoms with E-state index in [4.69, 9.17) is 0 Å². The van der Waals surface area contributed by atoms with Gasteiger partial charge in [-0.25, -0.2) is 14.8 Å². The van der Waals surface area contributed by atoms with Gasteiger partial charge in [-0.1, -0.05) is 72.8 Å². The van der Waals surface area contributed by atoms with Crippen molar-refractivity contribution in [3.63, 3.8) is 0 Å². The van der Waals surface area contributed by atoms with E-state index >= 15 is 0 Å². The molecule has 5 N–H and O–H groups in total. The number of hydrogen-bond acceptors (Lipinski definition) is 7. The highest BCUT2D eigenvalue weighted by Crippen LogP contribution is 2.39. The molecule has 50 heavy (non-hydrogen) atoms. The highest BCUT2D eigenvalue weighted by molar-refractivity contribution is 6.15. The van der Waals surface area contributed by atoms with Gasteiger partial charge in [0, 0.05) is 45.3 Å². The van der Waals surface area contributed by atoms with Gasteiger partial charge >= 0.3 is 5.97 Å². The molecular weight excluding hydrogens is 636 g/mol. The van der Waals surface area contributed by atoms with Crippen molar-refractivity contribution in [3.8, 4) is 22.9 Å². The van der Waals surface area contributed by atoms with Crippen molar-refractivity contribution >= 4 is 61.4 Å². The third kappa shape index (κ3) is 4.73. The Hall–Kier alpha value is -7.21. The maximum atomic E-state index is 13.5. The second-order valence-corrected chi connectivity index (χ2v) is 11.5. The third-order valence-corrected chi connectivity index (χ3v) is 8.63. The molecule has 0 unspecified atom stereocenters. The molecule has 8 rings (SSSR count). The van der Waals surface area contributed by atoms with Crippen LogP contribution in [-0.4, -0.2) is 58.4 Å². The molecule has 4 aromatic carbocycles. The zero-order valence-corrected chi connectivity index (χ0v) is 26.0. The number of nitrogens with zero attached hydrogens (tertiary/aromatic N) is 4. The van der Waals surface area contributed by atoms with Gasteiger partial charge in [0.25, 0.3) is 11.8 Å². The third-order valence-electron chi connectivity index (χ3n) is 8.63. The quantitative estimate of drug-likeness (QED) is 0.136. The Bertz CT molecular complexity index is 2470. The van der Waals surface area contributed by atoms with E-state index in [1.807, 2.05) is 109 Å². The van der Waals surface area contributed by atoms with Gasteiger partial charge in [-0.15, -0.1) is 0 Å². The van der Waals surface area contributed by atoms with Crippen molar-refractivity contribution in [2.24, 2.45) is 0 Å². The highest BCUT2D eigenvalue weighted by atomic mass is 16.4. The summed E-state index contributed by atoms with van der Waals surface area (Å²) in [5, 5.41) is 40.1. The Morgan fingerprint density at radius 3 is 1.32 bits per heavy atom. The molecule has 2 amide bonds. The standard InChI is InChI=1S/C38H26N6O6/c45-33-29(39-19-25-23-15-7-9-17-27(23)43(31(25)33)21-11-3-1-4-12-21)36(47)41-35(38(49)50)42-37(48)30-34(46)32-26(20-40-30)24-16-8-10-18-28(24)44(32)22-13-5-2-6-14-22/h1-20,35,45-46H,(H,41,47)(H,42,48)(H,49,50). The molecule has 0 aliphatic rings. The number of aromatic nitrogens is 4. The fourth-order valence-corrected chi connectivity index (χ4v) is 6.44. The van der Waals surface area contributed by atoms with E-state index in [2.05, 4.69) is 20.6 Å². The SMILES string of the molecule is O=C(NC(NC(=O)c1ncc2c3ccccc3n(-c3ccccc3)c2c1O)C(=O)O)c1ncc2c3ccccc3n(-c3ccccc3)c2c1O. The number of pyridine rings is 2. The second kappa shape index (κ2) is 11.8. The average molecular weight is 663 g/mol. The summed E-state index contributed by atoms with van der Waals surface area (Å²) in [5.74, 6) is -4.68. The zero-order chi connectivity index (χ0) is 34.5. The Morgan fingerprint density at radius 1 is 0.540 bits per heavy atom. The molecule has 0 bridgehead atoms. The van der Waals surface area contributed by atoms with Crippen LogP contribution in [0.1, 0.15) is 21.0 Å². The molecule has 12 heteroatoms. The van der Waals surface area contributed by atoms with Gasteiger partial charge in [-0.05, 0) is 36.4 Å². The van der Waals surface area contributed by atoms with Gasteiger partial charge in [0.2, 0.25) is 6.17 Å². The first kappa shape index (κ1) is 30.1. The molecule has 8 aromatic rings. The maximum absolute atomic E-state index is 13.5. The zero-order valence-electron chi connectivity index (χ0n) is 26.0. The summed E-state index contributed by atoms with van der Waals surface area (Å²) in [6.07, 6.45) is 0.885. The number of hydrogen-bond donors (Lipinski definition) is 5. The van der Waals surface area contributed by atoms with Crippen LogP contribution < -0.4 is 10.6 Å². The van der Waals surface area contributed by atoms with Crippen LogP contribution in [0.25, 0.3) is 55.0 Å². The van der Waals surface area contributed by atoms with E-state index < -0.39 is 46.8 Å². The van der Waals surface area contributed by atoms with Crippen LogP contribution >= 0.6 is 0 Å². The molecule has 0 spiro atoms. The van der Waals surface area contributed by atoms with Crippen LogP contribution in [0.2, 0.25) is 0 Å². The van der Waals surface area contributed by atoms with Crippen molar-refractivity contribution in [2.75, 3.05) is 0 Å². The molecule has 4 aromatic heterocycles. The minimum Gasteiger partial charge on any atom is -0.504 e. The topological polar surface area (TPSA) is 172 Å². The van der Waals surface area contributed by atoms with Crippen LogP contribution in [0.4, 0.5) is 0 Å². The number of para-hydroxylation sites is 4. The van der Waals surface area contributed by atoms with Crippen molar-refractivity contribution in [2.45, 2.75) is 6.17 Å². The smallest absolute Gasteiger partial charge is 0.347 e. The van der Waals surface area contributed by atoms with E-state index in [-0.39, 0.29) is 0 Å². The second-order valence-electron chi connectivity index (χ2n) is 11.5. The van der Waals surface area contributed by atoms with Crippen LogP contribution in [0.3, 0.4) is 0 Å². The molecule has 0 saturated heterocycles. The van der Waals surface area contributed by atoms with Crippen LogP contribution in [0.15, 0.2) is 122 Å². The molecule has 12 nitrogen and oxygen atoms in total. The number of carboxylic acids is 1. The lowest BCUT2D eigenvalue weighted by molar-refractivity contribution is -0.139. The van der Waals surface area contributed by atoms with Crippen molar-refractivity contribution in [1.82, 2.24) is 29.7 Å². The van der Waals surface area contributed by atoms with Crippen LogP contribution in [0, 0.1) is 0 Å². The molecule has 0 aliphatic carbocycles. The number of carboxylic acid groups (broad SMARTS) is 1. The van der Waals surface area contributed by atoms with Crippen molar-refractivity contribution < 1.29 is 29.7 Å². The van der Waals surface area contributed by atoms with Gasteiger partial charge in [0.1, 0.15) is 11.0 Å². The normalized spacial score (nSPS) is 11.5. The first-order valence-electron chi connectivity index (χ1n) is 15.5. The van der Waals surface area contributed by atoms with Crippen molar-refractivity contribution in [1.29, 1.82) is 0 Å². The number of aromatic hydroxyl groups is 2. The number of aliphatic carboxylic acids is 1. The fourth-order valence-electron chi connectivity index (χ4n) is 6.44. The van der Waals surface area contributed by atoms with Gasteiger partial charge in [0.05, 0.1) is 11.0 Å². The van der Waals surface area contributed by atoms with Gasteiger partial charge in [0.15, 0.2) is 22.9 Å². The number of amides is 2. The molecule has 4 heterocycles. The summed E-state index contributed by atoms with van der Waals surface area (Å²) >= 11 is 0. The molecule has 244 valence electrons. The Labute approximate surface area is 282 Å². The Morgan fingerprint density at radius 2 is 0.920 bits per heavy atom. The lowest BCUT2D eigenvalue weighted by atomic mass is 10.1. The first-order valence-corrected chi connectivity index (χ1v) is 15.5. The summed E-state index contributed by atoms with van der Waals surface area (Å²) in [5.41, 5.74) is 2.65. The van der Waals surface area contributed by atoms with E-state index in [9.17, 15) is 29.7 Å². The monoisotopic (exact) mass is 662 g/mol. The number of benzene rings is 4. The van der Waals surface area contributed by atoms with Crippen molar-refractivity contribution in [3.05, 3.63) is 133 Å². The summed E-state index contributed by atoms with van der Waals surface area (Å²) in [7, 11) is 0. The largest absolute Gasteiger partial charge is 0.504 e. The van der Waals surface area contributed by atoms with E-state index in [0.29, 0.717) is 21.8 Å². The number of nitrogens with one attached hydrogen (secondary N) is 2. The summed E-state index contributed by atoms with van der Waals surface area (Å²) < 4.78 is 3.57. The lowest BCUT2D eigenvalue weighted by Crippen LogP contribution is -2.53. The van der Waals surface area contributed by atoms with Gasteiger partial charge in [-0.2, -0.15) is 0 Å². The molecular formula is C38H26N6O6. The van der Waals surface area contributed by atoms with Crippen LogP contribution in [-0.2, 0) is 4.79 Å². The Balaban J connectivity index is 1.15. The number of carbonyl (C=O) groups excluding carboxylic acids is 2. The van der Waals surface area contributed by atoms with E-state index in [1.165, 1.54) is 12.4 Å². The fraction of sp³-hybridized carbons (Fsp3) is 0.0263. The summed E-state index contributed by atoms with van der Waals surface area (Å²) in [4.78, 5) is 47.8. The average Bonchev–Trinajstić information content (AvgIpc) is 3.66. The highest BCUT2D eigenvalue weighted by Gasteiger charge is 2.30. The first-order chi connectivity index (χ1) is 24.3. The predicted molar refractivity (Wildman–Crippen MR) is 187 cm³/mol. The number of rotatable bonds is 7. The van der Waals surface area contributed by atoms with Crippen LogP contribution in [0.5, 0.6) is 11.5 Å². The minimum atomic E-state index is -1.98. The number of carbonyl (C=O) groups is 3. The Kier molecular flexibility index (Phi) is 7.11. The molecule has 0 aliphatic heterocycles.